The van der Waals surface area contributed by atoms with Gasteiger partial charge in [0.1, 0.15) is 11.5 Å². The van der Waals surface area contributed by atoms with Gasteiger partial charge in [0.25, 0.3) is 0 Å². The standard InChI is InChI=1S/C16H28N2O/c1-3-9-17-12-14-11-16(19-13(14)2)6-4-5-10-18-15-7-8-15/h11,15,17-18H,3-10,12H2,1-2H3. The van der Waals surface area contributed by atoms with E-state index in [1.165, 1.54) is 37.7 Å². The molecule has 2 N–H and O–H groups in total. The van der Waals surface area contributed by atoms with Crippen molar-refractivity contribution in [1.29, 1.82) is 0 Å². The Balaban J connectivity index is 1.63. The topological polar surface area (TPSA) is 37.2 Å². The first kappa shape index (κ1) is 14.6. The Morgan fingerprint density at radius 2 is 2.11 bits per heavy atom. The van der Waals surface area contributed by atoms with Gasteiger partial charge in [-0.15, -0.1) is 0 Å². The van der Waals surface area contributed by atoms with Crippen molar-refractivity contribution < 1.29 is 4.42 Å². The van der Waals surface area contributed by atoms with E-state index in [4.69, 9.17) is 4.42 Å². The largest absolute Gasteiger partial charge is 0.466 e. The molecule has 1 heterocycles. The molecule has 1 aromatic heterocycles. The molecule has 0 aliphatic heterocycles. The molecule has 0 aromatic carbocycles. The molecular formula is C16H28N2O. The van der Waals surface area contributed by atoms with E-state index in [0.717, 1.165) is 43.6 Å². The normalized spacial score (nSPS) is 15.1. The van der Waals surface area contributed by atoms with E-state index in [9.17, 15) is 0 Å². The highest BCUT2D eigenvalue weighted by atomic mass is 16.3. The van der Waals surface area contributed by atoms with E-state index >= 15 is 0 Å². The van der Waals surface area contributed by atoms with Crippen LogP contribution < -0.4 is 10.6 Å². The summed E-state index contributed by atoms with van der Waals surface area (Å²) in [6.07, 6.45) is 7.48. The van der Waals surface area contributed by atoms with Gasteiger partial charge in [0.15, 0.2) is 0 Å². The fourth-order valence-electron chi connectivity index (χ4n) is 2.30. The summed E-state index contributed by atoms with van der Waals surface area (Å²) in [4.78, 5) is 0. The molecular weight excluding hydrogens is 236 g/mol. The average Bonchev–Trinajstić information content (AvgIpc) is 3.15. The predicted molar refractivity (Wildman–Crippen MR) is 79.4 cm³/mol. The Morgan fingerprint density at radius 3 is 2.84 bits per heavy atom. The van der Waals surface area contributed by atoms with Crippen LogP contribution in [-0.2, 0) is 13.0 Å². The average molecular weight is 264 g/mol. The molecule has 2 rings (SSSR count). The lowest BCUT2D eigenvalue weighted by Gasteiger charge is -2.01. The Labute approximate surface area is 117 Å². The SMILES string of the molecule is CCCNCc1cc(CCCCNC2CC2)oc1C. The quantitative estimate of drug-likeness (QED) is 0.637. The van der Waals surface area contributed by atoms with E-state index in [1.54, 1.807) is 0 Å². The number of furan rings is 1. The summed E-state index contributed by atoms with van der Waals surface area (Å²) in [5.41, 5.74) is 1.32. The lowest BCUT2D eigenvalue weighted by molar-refractivity contribution is 0.468. The molecule has 1 saturated carbocycles. The fraction of sp³-hybridized carbons (Fsp3) is 0.750. The zero-order chi connectivity index (χ0) is 13.5. The highest BCUT2D eigenvalue weighted by Gasteiger charge is 2.19. The first-order valence-corrected chi connectivity index (χ1v) is 7.82. The predicted octanol–water partition coefficient (Wildman–Crippen LogP) is 3.16. The maximum Gasteiger partial charge on any atom is 0.105 e. The van der Waals surface area contributed by atoms with Gasteiger partial charge in [-0.2, -0.15) is 0 Å². The molecule has 108 valence electrons. The van der Waals surface area contributed by atoms with Crippen LogP contribution >= 0.6 is 0 Å². The van der Waals surface area contributed by atoms with Crippen molar-refractivity contribution in [2.24, 2.45) is 0 Å². The van der Waals surface area contributed by atoms with Crippen molar-refractivity contribution in [3.63, 3.8) is 0 Å². The first-order valence-electron chi connectivity index (χ1n) is 7.82. The second-order valence-corrected chi connectivity index (χ2v) is 5.66. The van der Waals surface area contributed by atoms with Crippen LogP contribution in [0.2, 0.25) is 0 Å². The van der Waals surface area contributed by atoms with Gasteiger partial charge in [-0.3, -0.25) is 0 Å². The van der Waals surface area contributed by atoms with Crippen LogP contribution in [-0.4, -0.2) is 19.1 Å². The van der Waals surface area contributed by atoms with Crippen LogP contribution in [0.15, 0.2) is 10.5 Å². The van der Waals surface area contributed by atoms with Crippen LogP contribution in [0, 0.1) is 6.92 Å². The number of hydrogen-bond acceptors (Lipinski definition) is 3. The molecule has 3 heteroatoms. The number of aryl methyl sites for hydroxylation is 2. The molecule has 0 unspecified atom stereocenters. The van der Waals surface area contributed by atoms with Crippen molar-refractivity contribution in [3.05, 3.63) is 23.2 Å². The highest BCUT2D eigenvalue weighted by molar-refractivity contribution is 5.20. The maximum atomic E-state index is 5.82. The minimum atomic E-state index is 0.835. The monoisotopic (exact) mass is 264 g/mol. The van der Waals surface area contributed by atoms with Crippen molar-refractivity contribution >= 4 is 0 Å². The molecule has 0 amide bonds. The number of hydrogen-bond donors (Lipinski definition) is 2. The summed E-state index contributed by atoms with van der Waals surface area (Å²) < 4.78 is 5.82. The number of unbranched alkanes of at least 4 members (excludes halogenated alkanes) is 1. The van der Waals surface area contributed by atoms with Crippen LogP contribution in [0.5, 0.6) is 0 Å². The van der Waals surface area contributed by atoms with Gasteiger partial charge < -0.3 is 15.1 Å². The third-order valence-corrected chi connectivity index (χ3v) is 3.67. The van der Waals surface area contributed by atoms with E-state index < -0.39 is 0 Å². The van der Waals surface area contributed by atoms with Crippen LogP contribution in [0.4, 0.5) is 0 Å². The fourth-order valence-corrected chi connectivity index (χ4v) is 2.30. The molecule has 1 fully saturated rings. The van der Waals surface area contributed by atoms with Crippen LogP contribution in [0.1, 0.15) is 56.1 Å². The second kappa shape index (κ2) is 7.71. The van der Waals surface area contributed by atoms with Crippen molar-refractivity contribution in [2.45, 2.75) is 65.0 Å². The molecule has 1 aliphatic carbocycles. The third-order valence-electron chi connectivity index (χ3n) is 3.67. The van der Waals surface area contributed by atoms with Gasteiger partial charge in [0, 0.05) is 24.6 Å². The van der Waals surface area contributed by atoms with E-state index in [2.05, 4.69) is 30.5 Å². The molecule has 0 bridgehead atoms. The Bertz CT molecular complexity index is 369. The van der Waals surface area contributed by atoms with Gasteiger partial charge in [-0.05, 0) is 58.2 Å². The maximum absolute atomic E-state index is 5.82. The van der Waals surface area contributed by atoms with Crippen molar-refractivity contribution in [3.8, 4) is 0 Å². The molecule has 1 aliphatic rings. The van der Waals surface area contributed by atoms with Crippen molar-refractivity contribution in [2.75, 3.05) is 13.1 Å². The second-order valence-electron chi connectivity index (χ2n) is 5.66. The van der Waals surface area contributed by atoms with Gasteiger partial charge in [0.2, 0.25) is 0 Å². The van der Waals surface area contributed by atoms with Crippen molar-refractivity contribution in [1.82, 2.24) is 10.6 Å². The first-order chi connectivity index (χ1) is 9.29. The zero-order valence-corrected chi connectivity index (χ0v) is 12.4. The van der Waals surface area contributed by atoms with Gasteiger partial charge in [0.05, 0.1) is 0 Å². The summed E-state index contributed by atoms with van der Waals surface area (Å²) in [5.74, 6) is 2.23. The summed E-state index contributed by atoms with van der Waals surface area (Å²) >= 11 is 0. The summed E-state index contributed by atoms with van der Waals surface area (Å²) in [5, 5.41) is 6.98. The number of nitrogens with one attached hydrogen (secondary N) is 2. The molecule has 0 spiro atoms. The highest BCUT2D eigenvalue weighted by Crippen LogP contribution is 2.19. The minimum absolute atomic E-state index is 0.835. The molecule has 1 aromatic rings. The summed E-state index contributed by atoms with van der Waals surface area (Å²) in [6, 6.07) is 3.06. The molecule has 19 heavy (non-hydrogen) atoms. The summed E-state index contributed by atoms with van der Waals surface area (Å²) in [7, 11) is 0. The zero-order valence-electron chi connectivity index (χ0n) is 12.4. The smallest absolute Gasteiger partial charge is 0.105 e. The lowest BCUT2D eigenvalue weighted by Crippen LogP contribution is -2.17. The molecule has 0 saturated heterocycles. The van der Waals surface area contributed by atoms with Gasteiger partial charge in [-0.25, -0.2) is 0 Å². The Morgan fingerprint density at radius 1 is 1.26 bits per heavy atom. The molecule has 0 atom stereocenters. The van der Waals surface area contributed by atoms with Crippen LogP contribution in [0.25, 0.3) is 0 Å². The number of rotatable bonds is 10. The van der Waals surface area contributed by atoms with E-state index in [0.29, 0.717) is 0 Å². The van der Waals surface area contributed by atoms with E-state index in [-0.39, 0.29) is 0 Å². The minimum Gasteiger partial charge on any atom is -0.466 e. The third kappa shape index (κ3) is 5.37. The molecule has 0 radical (unpaired) electrons. The van der Waals surface area contributed by atoms with Gasteiger partial charge in [-0.1, -0.05) is 6.92 Å². The van der Waals surface area contributed by atoms with Crippen LogP contribution in [0.3, 0.4) is 0 Å². The van der Waals surface area contributed by atoms with Gasteiger partial charge >= 0.3 is 0 Å². The Hall–Kier alpha value is -0.800. The van der Waals surface area contributed by atoms with E-state index in [1.807, 2.05) is 0 Å². The molecule has 3 nitrogen and oxygen atoms in total. The lowest BCUT2D eigenvalue weighted by atomic mass is 10.1. The summed E-state index contributed by atoms with van der Waals surface area (Å²) in [6.45, 7) is 7.44. The Kier molecular flexibility index (Phi) is 5.93.